The molecule has 17 heavy (non-hydrogen) atoms. The minimum Gasteiger partial charge on any atom is -0.444 e. The van der Waals surface area contributed by atoms with E-state index in [0.717, 1.165) is 5.69 Å². The minimum absolute atomic E-state index is 0.415. The number of aromatic nitrogens is 1. The molecule has 1 amide bonds. The molecule has 0 atom stereocenters. The molecule has 0 saturated heterocycles. The lowest BCUT2D eigenvalue weighted by atomic mass is 10.2. The van der Waals surface area contributed by atoms with Crippen LogP contribution in [0, 0.1) is 0 Å². The fourth-order valence-electron chi connectivity index (χ4n) is 1.24. The predicted octanol–water partition coefficient (Wildman–Crippen LogP) is 1.73. The third-order valence-corrected chi connectivity index (χ3v) is 1.88. The van der Waals surface area contributed by atoms with Gasteiger partial charge in [0.15, 0.2) is 0 Å². The maximum Gasteiger partial charge on any atom is 0.407 e. The number of anilines is 1. The van der Waals surface area contributed by atoms with E-state index >= 15 is 0 Å². The van der Waals surface area contributed by atoms with Gasteiger partial charge in [0.2, 0.25) is 0 Å². The number of ether oxygens (including phenoxy) is 1. The summed E-state index contributed by atoms with van der Waals surface area (Å²) in [6.45, 7) is 5.95. The van der Waals surface area contributed by atoms with Crippen molar-refractivity contribution in [1.29, 1.82) is 0 Å². The zero-order valence-electron chi connectivity index (χ0n) is 10.5. The number of rotatable bonds is 3. The van der Waals surface area contributed by atoms with E-state index in [4.69, 9.17) is 10.5 Å². The van der Waals surface area contributed by atoms with Gasteiger partial charge in [0.25, 0.3) is 0 Å². The number of nitrogens with one attached hydrogen (secondary N) is 1. The van der Waals surface area contributed by atoms with E-state index in [-0.39, 0.29) is 0 Å². The summed E-state index contributed by atoms with van der Waals surface area (Å²) < 4.78 is 5.10. The molecule has 0 saturated carbocycles. The number of alkyl carbamates (subject to hydrolysis) is 1. The van der Waals surface area contributed by atoms with Gasteiger partial charge in [0.05, 0.1) is 0 Å². The molecule has 1 rings (SSSR count). The first-order valence-electron chi connectivity index (χ1n) is 5.55. The lowest BCUT2D eigenvalue weighted by molar-refractivity contribution is 0.0528. The number of hydrogen-bond acceptors (Lipinski definition) is 4. The van der Waals surface area contributed by atoms with Crippen LogP contribution in [0.3, 0.4) is 0 Å². The Balaban J connectivity index is 2.31. The number of amides is 1. The van der Waals surface area contributed by atoms with E-state index in [9.17, 15) is 4.79 Å². The van der Waals surface area contributed by atoms with Gasteiger partial charge in [-0.2, -0.15) is 0 Å². The Morgan fingerprint density at radius 1 is 1.47 bits per heavy atom. The van der Waals surface area contributed by atoms with E-state index < -0.39 is 11.7 Å². The highest BCUT2D eigenvalue weighted by Gasteiger charge is 2.15. The Kier molecular flexibility index (Phi) is 4.31. The number of nitrogens with zero attached hydrogens (tertiary/aromatic N) is 1. The van der Waals surface area contributed by atoms with Gasteiger partial charge in [-0.1, -0.05) is 6.07 Å². The first kappa shape index (κ1) is 13.3. The first-order chi connectivity index (χ1) is 7.87. The largest absolute Gasteiger partial charge is 0.444 e. The minimum atomic E-state index is -0.473. The molecule has 0 unspecified atom stereocenters. The van der Waals surface area contributed by atoms with Crippen LogP contribution in [-0.2, 0) is 11.2 Å². The molecule has 1 aromatic heterocycles. The highest BCUT2D eigenvalue weighted by molar-refractivity contribution is 5.67. The maximum absolute atomic E-state index is 11.3. The van der Waals surface area contributed by atoms with E-state index in [1.54, 1.807) is 6.07 Å². The molecular formula is C12H19N3O2. The number of hydrogen-bond donors (Lipinski definition) is 2. The molecule has 5 heteroatoms. The van der Waals surface area contributed by atoms with Crippen LogP contribution in [0.2, 0.25) is 0 Å². The van der Waals surface area contributed by atoms with Gasteiger partial charge >= 0.3 is 6.09 Å². The monoisotopic (exact) mass is 237 g/mol. The summed E-state index contributed by atoms with van der Waals surface area (Å²) >= 11 is 0. The molecule has 0 bridgehead atoms. The van der Waals surface area contributed by atoms with Crippen molar-refractivity contribution in [3.8, 4) is 0 Å². The van der Waals surface area contributed by atoms with Crippen LogP contribution < -0.4 is 11.1 Å². The smallest absolute Gasteiger partial charge is 0.407 e. The second-order valence-corrected chi connectivity index (χ2v) is 4.73. The van der Waals surface area contributed by atoms with Crippen molar-refractivity contribution in [2.75, 3.05) is 12.3 Å². The molecule has 0 aliphatic heterocycles. The third kappa shape index (κ3) is 5.75. The van der Waals surface area contributed by atoms with E-state index in [2.05, 4.69) is 10.3 Å². The van der Waals surface area contributed by atoms with Crippen molar-refractivity contribution in [3.05, 3.63) is 23.9 Å². The standard InChI is InChI=1S/C12H19N3O2/c1-12(2,3)17-11(16)14-8-7-9-5-4-6-10(13)15-9/h4-6H,7-8H2,1-3H3,(H2,13,15)(H,14,16). The van der Waals surface area contributed by atoms with Crippen LogP contribution in [0.4, 0.5) is 10.6 Å². The van der Waals surface area contributed by atoms with Crippen molar-refractivity contribution in [3.63, 3.8) is 0 Å². The van der Waals surface area contributed by atoms with Gasteiger partial charge in [-0.15, -0.1) is 0 Å². The van der Waals surface area contributed by atoms with Gasteiger partial charge in [-0.05, 0) is 32.9 Å². The molecule has 0 spiro atoms. The van der Waals surface area contributed by atoms with Gasteiger partial charge in [-0.25, -0.2) is 9.78 Å². The number of carbonyl (C=O) groups excluding carboxylic acids is 1. The summed E-state index contributed by atoms with van der Waals surface area (Å²) in [5, 5.41) is 2.67. The highest BCUT2D eigenvalue weighted by atomic mass is 16.6. The number of nitrogens with two attached hydrogens (primary N) is 1. The van der Waals surface area contributed by atoms with Crippen molar-refractivity contribution in [2.24, 2.45) is 0 Å². The molecule has 5 nitrogen and oxygen atoms in total. The Bertz CT molecular complexity index is 386. The molecule has 0 radical (unpaired) electrons. The van der Waals surface area contributed by atoms with Crippen LogP contribution in [0.1, 0.15) is 26.5 Å². The summed E-state index contributed by atoms with van der Waals surface area (Å²) in [6.07, 6.45) is 0.214. The average Bonchev–Trinajstić information content (AvgIpc) is 2.14. The fraction of sp³-hybridized carbons (Fsp3) is 0.500. The molecule has 3 N–H and O–H groups in total. The van der Waals surface area contributed by atoms with E-state index in [1.165, 1.54) is 0 Å². The summed E-state index contributed by atoms with van der Waals surface area (Å²) in [4.78, 5) is 15.5. The number of pyridine rings is 1. The quantitative estimate of drug-likeness (QED) is 0.839. The van der Waals surface area contributed by atoms with Crippen molar-refractivity contribution in [1.82, 2.24) is 10.3 Å². The van der Waals surface area contributed by atoms with Crippen molar-refractivity contribution < 1.29 is 9.53 Å². The Hall–Kier alpha value is -1.78. The topological polar surface area (TPSA) is 77.2 Å². The molecule has 0 fully saturated rings. The zero-order chi connectivity index (χ0) is 12.9. The van der Waals surface area contributed by atoms with Crippen LogP contribution in [0.5, 0.6) is 0 Å². The third-order valence-electron chi connectivity index (χ3n) is 1.88. The Morgan fingerprint density at radius 3 is 2.76 bits per heavy atom. The summed E-state index contributed by atoms with van der Waals surface area (Å²) in [6, 6.07) is 5.43. The zero-order valence-corrected chi connectivity index (χ0v) is 10.5. The van der Waals surface area contributed by atoms with Crippen LogP contribution in [0.25, 0.3) is 0 Å². The molecule has 1 heterocycles. The normalized spacial score (nSPS) is 11.0. The Labute approximate surface area is 101 Å². The number of carbonyl (C=O) groups is 1. The molecule has 94 valence electrons. The highest BCUT2D eigenvalue weighted by Crippen LogP contribution is 2.06. The second kappa shape index (κ2) is 5.52. The van der Waals surface area contributed by atoms with E-state index in [1.807, 2.05) is 32.9 Å². The van der Waals surface area contributed by atoms with Crippen LogP contribution in [0.15, 0.2) is 18.2 Å². The van der Waals surface area contributed by atoms with Gasteiger partial charge in [0, 0.05) is 18.7 Å². The average molecular weight is 237 g/mol. The first-order valence-corrected chi connectivity index (χ1v) is 5.55. The molecule has 0 aliphatic rings. The molecule has 0 aliphatic carbocycles. The van der Waals surface area contributed by atoms with Crippen molar-refractivity contribution in [2.45, 2.75) is 32.8 Å². The van der Waals surface area contributed by atoms with Gasteiger partial charge in [-0.3, -0.25) is 0 Å². The lowest BCUT2D eigenvalue weighted by Crippen LogP contribution is -2.33. The second-order valence-electron chi connectivity index (χ2n) is 4.73. The van der Waals surface area contributed by atoms with Crippen molar-refractivity contribution >= 4 is 11.9 Å². The number of nitrogen functional groups attached to an aromatic ring is 1. The van der Waals surface area contributed by atoms with Gasteiger partial charge in [0.1, 0.15) is 11.4 Å². The van der Waals surface area contributed by atoms with Gasteiger partial charge < -0.3 is 15.8 Å². The van der Waals surface area contributed by atoms with Crippen LogP contribution in [-0.4, -0.2) is 23.2 Å². The molecule has 1 aromatic rings. The summed E-state index contributed by atoms with van der Waals surface area (Å²) in [5.74, 6) is 0.486. The maximum atomic E-state index is 11.3. The van der Waals surface area contributed by atoms with Crippen LogP contribution >= 0.6 is 0 Å². The fourth-order valence-corrected chi connectivity index (χ4v) is 1.24. The summed E-state index contributed by atoms with van der Waals surface area (Å²) in [7, 11) is 0. The summed E-state index contributed by atoms with van der Waals surface area (Å²) in [5.41, 5.74) is 5.93. The lowest BCUT2D eigenvalue weighted by Gasteiger charge is -2.19. The predicted molar refractivity (Wildman–Crippen MR) is 66.6 cm³/mol. The van der Waals surface area contributed by atoms with E-state index in [0.29, 0.717) is 18.8 Å². The molecule has 0 aromatic carbocycles. The molecular weight excluding hydrogens is 218 g/mol. The SMILES string of the molecule is CC(C)(C)OC(=O)NCCc1cccc(N)n1. The Morgan fingerprint density at radius 2 is 2.18 bits per heavy atom.